The van der Waals surface area contributed by atoms with Crippen molar-refractivity contribution in [3.8, 4) is 0 Å². The van der Waals surface area contributed by atoms with Crippen LogP contribution in [0.5, 0.6) is 0 Å². The number of carbonyl (C=O) groups excluding carboxylic acids is 3. The zero-order valence-corrected chi connectivity index (χ0v) is 12.6. The number of hydrogen-bond acceptors (Lipinski definition) is 3. The molecule has 4 amide bonds. The van der Waals surface area contributed by atoms with Crippen LogP contribution < -0.4 is 0 Å². The van der Waals surface area contributed by atoms with Crippen LogP contribution in [0.3, 0.4) is 0 Å². The Morgan fingerprint density at radius 2 is 1.75 bits per heavy atom. The van der Waals surface area contributed by atoms with Crippen molar-refractivity contribution in [2.24, 2.45) is 0 Å². The van der Waals surface area contributed by atoms with Gasteiger partial charge in [-0.1, -0.05) is 0 Å². The lowest BCUT2D eigenvalue weighted by Crippen LogP contribution is -2.48. The third-order valence-corrected chi connectivity index (χ3v) is 3.76. The predicted octanol–water partition coefficient (Wildman–Crippen LogP) is 1.06. The van der Waals surface area contributed by atoms with Gasteiger partial charge in [0.15, 0.2) is 0 Å². The summed E-state index contributed by atoms with van der Waals surface area (Å²) in [6, 6.07) is 0.000787. The minimum absolute atomic E-state index is 0.0508. The standard InChI is InChI=1S/C14H23N3O3/c1-9(2)17(10(3)4)13(19)8-16-12(18)7-15(14(16)20)11-5-6-11/h9-11H,5-8H2,1-4H3. The lowest BCUT2D eigenvalue weighted by Gasteiger charge is -2.31. The summed E-state index contributed by atoms with van der Waals surface area (Å²) in [6.45, 7) is 7.71. The maximum absolute atomic E-state index is 12.3. The van der Waals surface area contributed by atoms with E-state index in [1.165, 1.54) is 0 Å². The molecular weight excluding hydrogens is 258 g/mol. The maximum atomic E-state index is 12.3. The van der Waals surface area contributed by atoms with Crippen molar-refractivity contribution in [1.29, 1.82) is 0 Å². The van der Waals surface area contributed by atoms with Gasteiger partial charge in [-0.25, -0.2) is 4.79 Å². The molecule has 0 aromatic rings. The van der Waals surface area contributed by atoms with E-state index in [-0.39, 0.29) is 49.1 Å². The molecule has 1 saturated carbocycles. The van der Waals surface area contributed by atoms with E-state index in [9.17, 15) is 14.4 Å². The average Bonchev–Trinajstić information content (AvgIpc) is 3.11. The highest BCUT2D eigenvalue weighted by Crippen LogP contribution is 2.30. The summed E-state index contributed by atoms with van der Waals surface area (Å²) in [5.74, 6) is -0.433. The van der Waals surface area contributed by atoms with E-state index in [4.69, 9.17) is 0 Å². The van der Waals surface area contributed by atoms with Crippen LogP contribution >= 0.6 is 0 Å². The lowest BCUT2D eigenvalue weighted by molar-refractivity contribution is -0.139. The second-order valence-corrected chi connectivity index (χ2v) is 6.11. The van der Waals surface area contributed by atoms with Crippen LogP contribution in [-0.2, 0) is 9.59 Å². The van der Waals surface area contributed by atoms with E-state index in [0.29, 0.717) is 0 Å². The molecule has 2 aliphatic rings. The molecule has 112 valence electrons. The molecule has 0 atom stereocenters. The van der Waals surface area contributed by atoms with Gasteiger partial charge in [0.2, 0.25) is 5.91 Å². The molecule has 1 aliphatic carbocycles. The van der Waals surface area contributed by atoms with Crippen LogP contribution in [-0.4, -0.2) is 63.8 Å². The largest absolute Gasteiger partial charge is 0.336 e. The van der Waals surface area contributed by atoms with Crippen molar-refractivity contribution >= 4 is 17.8 Å². The topological polar surface area (TPSA) is 60.9 Å². The van der Waals surface area contributed by atoms with E-state index in [1.807, 2.05) is 27.7 Å². The van der Waals surface area contributed by atoms with Crippen molar-refractivity contribution in [3.63, 3.8) is 0 Å². The number of imide groups is 1. The molecule has 0 aromatic carbocycles. The Morgan fingerprint density at radius 1 is 1.20 bits per heavy atom. The van der Waals surface area contributed by atoms with Gasteiger partial charge in [-0.15, -0.1) is 0 Å². The first-order chi connectivity index (χ1) is 9.32. The SMILES string of the molecule is CC(C)N(C(=O)CN1C(=O)CN(C2CC2)C1=O)C(C)C. The average molecular weight is 281 g/mol. The minimum atomic E-state index is -0.307. The number of amides is 4. The zero-order valence-electron chi connectivity index (χ0n) is 12.6. The first kappa shape index (κ1) is 14.8. The van der Waals surface area contributed by atoms with E-state index >= 15 is 0 Å². The Balaban J connectivity index is 2.03. The van der Waals surface area contributed by atoms with Gasteiger partial charge in [-0.05, 0) is 40.5 Å². The van der Waals surface area contributed by atoms with Crippen molar-refractivity contribution in [2.45, 2.75) is 58.7 Å². The summed E-state index contributed by atoms with van der Waals surface area (Å²) in [5.41, 5.74) is 0. The fraction of sp³-hybridized carbons (Fsp3) is 0.786. The Labute approximate surface area is 119 Å². The van der Waals surface area contributed by atoms with Gasteiger partial charge >= 0.3 is 6.03 Å². The molecule has 0 spiro atoms. The summed E-state index contributed by atoms with van der Waals surface area (Å²) < 4.78 is 0. The van der Waals surface area contributed by atoms with Crippen LogP contribution in [0.15, 0.2) is 0 Å². The predicted molar refractivity (Wildman–Crippen MR) is 74.0 cm³/mol. The number of rotatable bonds is 5. The maximum Gasteiger partial charge on any atom is 0.327 e. The smallest absolute Gasteiger partial charge is 0.327 e. The molecule has 0 N–H and O–H groups in total. The van der Waals surface area contributed by atoms with E-state index in [0.717, 1.165) is 17.7 Å². The molecule has 20 heavy (non-hydrogen) atoms. The fourth-order valence-corrected chi connectivity index (χ4v) is 2.78. The summed E-state index contributed by atoms with van der Waals surface area (Å²) in [4.78, 5) is 40.8. The second-order valence-electron chi connectivity index (χ2n) is 6.11. The third-order valence-electron chi connectivity index (χ3n) is 3.76. The van der Waals surface area contributed by atoms with Crippen molar-refractivity contribution in [1.82, 2.24) is 14.7 Å². The van der Waals surface area contributed by atoms with Crippen molar-refractivity contribution in [3.05, 3.63) is 0 Å². The fourth-order valence-electron chi connectivity index (χ4n) is 2.78. The first-order valence-corrected chi connectivity index (χ1v) is 7.25. The highest BCUT2D eigenvalue weighted by Gasteiger charge is 2.44. The quantitative estimate of drug-likeness (QED) is 0.708. The highest BCUT2D eigenvalue weighted by molar-refractivity contribution is 6.04. The van der Waals surface area contributed by atoms with Crippen LogP contribution in [0.25, 0.3) is 0 Å². The number of urea groups is 1. The van der Waals surface area contributed by atoms with Crippen molar-refractivity contribution < 1.29 is 14.4 Å². The monoisotopic (exact) mass is 281 g/mol. The summed E-state index contributed by atoms with van der Waals surface area (Å²) in [7, 11) is 0. The Bertz CT molecular complexity index is 421. The molecule has 0 unspecified atom stereocenters. The molecule has 1 heterocycles. The van der Waals surface area contributed by atoms with Crippen LogP contribution in [0, 0.1) is 0 Å². The molecule has 6 nitrogen and oxygen atoms in total. The first-order valence-electron chi connectivity index (χ1n) is 7.25. The van der Waals surface area contributed by atoms with Crippen LogP contribution in [0.2, 0.25) is 0 Å². The van der Waals surface area contributed by atoms with Gasteiger partial charge in [0.05, 0.1) is 0 Å². The molecule has 2 fully saturated rings. The minimum Gasteiger partial charge on any atom is -0.336 e. The molecule has 0 radical (unpaired) electrons. The van der Waals surface area contributed by atoms with Gasteiger partial charge in [-0.3, -0.25) is 14.5 Å². The number of nitrogens with zero attached hydrogens (tertiary/aromatic N) is 3. The zero-order chi connectivity index (χ0) is 15.0. The number of hydrogen-bond donors (Lipinski definition) is 0. The molecule has 0 aromatic heterocycles. The Kier molecular flexibility index (Phi) is 4.01. The van der Waals surface area contributed by atoms with Gasteiger partial charge < -0.3 is 9.80 Å². The molecule has 6 heteroatoms. The third kappa shape index (κ3) is 2.78. The van der Waals surface area contributed by atoms with E-state index < -0.39 is 0 Å². The molecule has 1 saturated heterocycles. The van der Waals surface area contributed by atoms with Crippen LogP contribution in [0.1, 0.15) is 40.5 Å². The summed E-state index contributed by atoms with van der Waals surface area (Å²) in [5, 5.41) is 0. The van der Waals surface area contributed by atoms with E-state index in [2.05, 4.69) is 0 Å². The molecule has 1 aliphatic heterocycles. The van der Waals surface area contributed by atoms with Gasteiger partial charge in [0.25, 0.3) is 5.91 Å². The lowest BCUT2D eigenvalue weighted by atomic mass is 10.2. The molecule has 2 rings (SSSR count). The molecule has 0 bridgehead atoms. The normalized spacial score (nSPS) is 19.5. The number of carbonyl (C=O) groups is 3. The van der Waals surface area contributed by atoms with E-state index in [1.54, 1.807) is 9.80 Å². The van der Waals surface area contributed by atoms with Gasteiger partial charge in [-0.2, -0.15) is 0 Å². The van der Waals surface area contributed by atoms with Crippen molar-refractivity contribution in [2.75, 3.05) is 13.1 Å². The summed E-state index contributed by atoms with van der Waals surface area (Å²) >= 11 is 0. The summed E-state index contributed by atoms with van der Waals surface area (Å²) in [6.07, 6.45) is 1.93. The van der Waals surface area contributed by atoms with Gasteiger partial charge in [0.1, 0.15) is 13.1 Å². The van der Waals surface area contributed by atoms with Gasteiger partial charge in [0, 0.05) is 18.1 Å². The Morgan fingerprint density at radius 3 is 2.20 bits per heavy atom. The highest BCUT2D eigenvalue weighted by atomic mass is 16.2. The second kappa shape index (κ2) is 5.42. The van der Waals surface area contributed by atoms with Crippen LogP contribution in [0.4, 0.5) is 4.79 Å². The Hall–Kier alpha value is -1.59. The molecular formula is C14H23N3O3.